The van der Waals surface area contributed by atoms with Gasteiger partial charge in [-0.25, -0.2) is 0 Å². The van der Waals surface area contributed by atoms with Gasteiger partial charge < -0.3 is 10.1 Å². The molecule has 0 radical (unpaired) electrons. The Morgan fingerprint density at radius 2 is 1.53 bits per heavy atom. The minimum absolute atomic E-state index is 0.674. The van der Waals surface area contributed by atoms with E-state index >= 15 is 0 Å². The van der Waals surface area contributed by atoms with Crippen molar-refractivity contribution in [3.8, 4) is 0 Å². The molecule has 0 aromatic carbocycles. The number of rotatable bonds is 13. The Morgan fingerprint density at radius 1 is 0.882 bits per heavy atom. The first-order chi connectivity index (χ1) is 8.35. The highest BCUT2D eigenvalue weighted by Crippen LogP contribution is 2.05. The number of ether oxygens (including phenoxy) is 1. The monoisotopic (exact) mass is 243 g/mol. The predicted octanol–water partition coefficient (Wildman–Crippen LogP) is 4.14. The summed E-state index contributed by atoms with van der Waals surface area (Å²) >= 11 is 0. The molecule has 2 heteroatoms. The molecule has 0 fully saturated rings. The van der Waals surface area contributed by atoms with Crippen molar-refractivity contribution < 1.29 is 4.74 Å². The van der Waals surface area contributed by atoms with E-state index < -0.39 is 0 Å². The third-order valence-electron chi connectivity index (χ3n) is 3.38. The van der Waals surface area contributed by atoms with Crippen LogP contribution in [0.15, 0.2) is 0 Å². The maximum absolute atomic E-state index is 5.65. The Kier molecular flexibility index (Phi) is 13.9. The van der Waals surface area contributed by atoms with E-state index in [0.29, 0.717) is 6.04 Å². The van der Waals surface area contributed by atoms with E-state index in [9.17, 15) is 0 Å². The van der Waals surface area contributed by atoms with E-state index in [4.69, 9.17) is 4.74 Å². The smallest absolute Gasteiger partial charge is 0.0466 e. The lowest BCUT2D eigenvalue weighted by Gasteiger charge is -2.13. The topological polar surface area (TPSA) is 21.3 Å². The molecule has 1 unspecified atom stereocenters. The van der Waals surface area contributed by atoms with Gasteiger partial charge in [0.05, 0.1) is 0 Å². The zero-order valence-electron chi connectivity index (χ0n) is 12.3. The summed E-state index contributed by atoms with van der Waals surface area (Å²) in [7, 11) is 2.05. The molecule has 0 rings (SSSR count). The largest absolute Gasteiger partial charge is 0.381 e. The molecule has 0 bridgehead atoms. The van der Waals surface area contributed by atoms with Crippen molar-refractivity contribution >= 4 is 0 Å². The van der Waals surface area contributed by atoms with Gasteiger partial charge in [0.1, 0.15) is 0 Å². The average Bonchev–Trinajstić information content (AvgIpc) is 2.36. The minimum atomic E-state index is 0.674. The molecule has 0 aliphatic carbocycles. The molecule has 0 aliphatic heterocycles. The number of hydrogen-bond donors (Lipinski definition) is 1. The molecule has 0 aliphatic rings. The summed E-state index contributed by atoms with van der Waals surface area (Å²) in [5, 5.41) is 3.33. The van der Waals surface area contributed by atoms with Crippen molar-refractivity contribution in [1.29, 1.82) is 0 Å². The molecule has 0 amide bonds. The Hall–Kier alpha value is -0.0800. The zero-order valence-corrected chi connectivity index (χ0v) is 12.3. The lowest BCUT2D eigenvalue weighted by atomic mass is 10.1. The van der Waals surface area contributed by atoms with Gasteiger partial charge in [0.15, 0.2) is 0 Å². The molecule has 0 spiro atoms. The van der Waals surface area contributed by atoms with Crippen LogP contribution in [-0.2, 0) is 4.74 Å². The average molecular weight is 243 g/mol. The van der Waals surface area contributed by atoms with E-state index in [-0.39, 0.29) is 0 Å². The van der Waals surface area contributed by atoms with Gasteiger partial charge in [-0.15, -0.1) is 0 Å². The van der Waals surface area contributed by atoms with Crippen molar-refractivity contribution in [2.45, 2.75) is 77.7 Å². The Balaban J connectivity index is 3.03. The fourth-order valence-electron chi connectivity index (χ4n) is 2.07. The highest BCUT2D eigenvalue weighted by molar-refractivity contribution is 4.60. The second-order valence-electron chi connectivity index (χ2n) is 4.92. The zero-order chi connectivity index (χ0) is 12.8. The highest BCUT2D eigenvalue weighted by atomic mass is 16.5. The minimum Gasteiger partial charge on any atom is -0.381 e. The van der Waals surface area contributed by atoms with Crippen LogP contribution in [0.2, 0.25) is 0 Å². The summed E-state index contributed by atoms with van der Waals surface area (Å²) in [4.78, 5) is 0. The fraction of sp³-hybridized carbons (Fsp3) is 1.00. The van der Waals surface area contributed by atoms with E-state index in [0.717, 1.165) is 13.2 Å². The molecule has 1 N–H and O–H groups in total. The first kappa shape index (κ1) is 16.9. The Labute approximate surface area is 109 Å². The third-order valence-corrected chi connectivity index (χ3v) is 3.38. The maximum Gasteiger partial charge on any atom is 0.0466 e. The SMILES string of the molecule is CCCCCCCCOCCCC(CC)NC. The van der Waals surface area contributed by atoms with Crippen molar-refractivity contribution in [2.75, 3.05) is 20.3 Å². The van der Waals surface area contributed by atoms with E-state index in [1.54, 1.807) is 0 Å². The molecular weight excluding hydrogens is 210 g/mol. The molecule has 17 heavy (non-hydrogen) atoms. The van der Waals surface area contributed by atoms with Crippen LogP contribution in [0.25, 0.3) is 0 Å². The summed E-state index contributed by atoms with van der Waals surface area (Å²) in [6.45, 7) is 6.39. The number of unbranched alkanes of at least 4 members (excludes halogenated alkanes) is 5. The van der Waals surface area contributed by atoms with Crippen LogP contribution in [0.3, 0.4) is 0 Å². The first-order valence-electron chi connectivity index (χ1n) is 7.60. The second-order valence-corrected chi connectivity index (χ2v) is 4.92. The summed E-state index contributed by atoms with van der Waals surface area (Å²) in [6.07, 6.45) is 11.7. The number of hydrogen-bond acceptors (Lipinski definition) is 2. The van der Waals surface area contributed by atoms with Crippen LogP contribution >= 0.6 is 0 Å². The van der Waals surface area contributed by atoms with E-state index in [1.165, 1.54) is 57.8 Å². The van der Waals surface area contributed by atoms with Crippen molar-refractivity contribution in [1.82, 2.24) is 5.32 Å². The summed E-state index contributed by atoms with van der Waals surface area (Å²) in [6, 6.07) is 0.674. The van der Waals surface area contributed by atoms with Gasteiger partial charge in [-0.05, 0) is 32.7 Å². The van der Waals surface area contributed by atoms with Crippen LogP contribution in [0.5, 0.6) is 0 Å². The molecule has 0 saturated heterocycles. The quantitative estimate of drug-likeness (QED) is 0.491. The first-order valence-corrected chi connectivity index (χ1v) is 7.60. The molecule has 2 nitrogen and oxygen atoms in total. The molecule has 0 aromatic heterocycles. The van der Waals surface area contributed by atoms with Crippen LogP contribution in [-0.4, -0.2) is 26.3 Å². The van der Waals surface area contributed by atoms with Gasteiger partial charge in [0, 0.05) is 19.3 Å². The predicted molar refractivity (Wildman–Crippen MR) is 76.6 cm³/mol. The van der Waals surface area contributed by atoms with E-state index in [1.807, 2.05) is 7.05 Å². The van der Waals surface area contributed by atoms with Gasteiger partial charge in [-0.1, -0.05) is 46.0 Å². The fourth-order valence-corrected chi connectivity index (χ4v) is 2.07. The van der Waals surface area contributed by atoms with E-state index in [2.05, 4.69) is 19.2 Å². The van der Waals surface area contributed by atoms with Crippen LogP contribution in [0.1, 0.15) is 71.6 Å². The lowest BCUT2D eigenvalue weighted by molar-refractivity contribution is 0.124. The van der Waals surface area contributed by atoms with Crippen molar-refractivity contribution in [2.24, 2.45) is 0 Å². The number of nitrogens with one attached hydrogen (secondary N) is 1. The normalized spacial score (nSPS) is 12.9. The lowest BCUT2D eigenvalue weighted by Crippen LogP contribution is -2.24. The molecule has 1 atom stereocenters. The molecule has 0 aromatic rings. The molecule has 0 heterocycles. The van der Waals surface area contributed by atoms with Crippen LogP contribution < -0.4 is 5.32 Å². The molecule has 104 valence electrons. The summed E-state index contributed by atoms with van der Waals surface area (Å²) in [5.74, 6) is 0. The van der Waals surface area contributed by atoms with Gasteiger partial charge >= 0.3 is 0 Å². The maximum atomic E-state index is 5.65. The Morgan fingerprint density at radius 3 is 2.18 bits per heavy atom. The van der Waals surface area contributed by atoms with Gasteiger partial charge in [-0.3, -0.25) is 0 Å². The van der Waals surface area contributed by atoms with Gasteiger partial charge in [-0.2, -0.15) is 0 Å². The van der Waals surface area contributed by atoms with Crippen molar-refractivity contribution in [3.05, 3.63) is 0 Å². The van der Waals surface area contributed by atoms with Crippen LogP contribution in [0, 0.1) is 0 Å². The van der Waals surface area contributed by atoms with Gasteiger partial charge in [0.2, 0.25) is 0 Å². The molecule has 0 saturated carbocycles. The second kappa shape index (κ2) is 14.0. The standard InChI is InChI=1S/C15H33NO/c1-4-6-7-8-9-10-13-17-14-11-12-15(5-2)16-3/h15-16H,4-14H2,1-3H3. The summed E-state index contributed by atoms with van der Waals surface area (Å²) in [5.41, 5.74) is 0. The summed E-state index contributed by atoms with van der Waals surface area (Å²) < 4.78 is 5.65. The van der Waals surface area contributed by atoms with Crippen molar-refractivity contribution in [3.63, 3.8) is 0 Å². The van der Waals surface area contributed by atoms with Crippen LogP contribution in [0.4, 0.5) is 0 Å². The van der Waals surface area contributed by atoms with Gasteiger partial charge in [0.25, 0.3) is 0 Å². The molecular formula is C15H33NO. The third kappa shape index (κ3) is 12.2. The highest BCUT2D eigenvalue weighted by Gasteiger charge is 2.01. The Bertz CT molecular complexity index is 135.